The number of benzene rings is 1. The fourth-order valence-electron chi connectivity index (χ4n) is 2.15. The number of para-hydroxylation sites is 1. The standard InChI is InChI=1S/C14H20ClN3O/c1-10(2)19-12-7-5-6-11-14(12)16-13(8-9-15)18(11)17(3)4/h5-7,10H,8-9H2,1-4H3. The molecule has 2 aromatic rings. The van der Waals surface area contributed by atoms with Crippen LogP contribution in [0.5, 0.6) is 5.75 Å². The van der Waals surface area contributed by atoms with Gasteiger partial charge in [0.15, 0.2) is 0 Å². The Bertz CT molecular complexity index is 563. The van der Waals surface area contributed by atoms with Crippen LogP contribution in [0.25, 0.3) is 11.0 Å². The Morgan fingerprint density at radius 1 is 1.37 bits per heavy atom. The van der Waals surface area contributed by atoms with Crippen molar-refractivity contribution < 1.29 is 4.74 Å². The number of fused-ring (bicyclic) bond motifs is 1. The third-order valence-corrected chi connectivity index (χ3v) is 2.96. The first-order valence-electron chi connectivity index (χ1n) is 6.45. The Labute approximate surface area is 118 Å². The number of imidazole rings is 1. The van der Waals surface area contributed by atoms with Gasteiger partial charge in [-0.25, -0.2) is 9.66 Å². The molecule has 0 saturated carbocycles. The van der Waals surface area contributed by atoms with Gasteiger partial charge in [-0.2, -0.15) is 0 Å². The van der Waals surface area contributed by atoms with E-state index in [0.29, 0.717) is 5.88 Å². The smallest absolute Gasteiger partial charge is 0.147 e. The van der Waals surface area contributed by atoms with Crippen molar-refractivity contribution >= 4 is 22.6 Å². The van der Waals surface area contributed by atoms with Crippen LogP contribution in [0.1, 0.15) is 19.7 Å². The lowest BCUT2D eigenvalue weighted by Gasteiger charge is -2.18. The molecule has 4 nitrogen and oxygen atoms in total. The van der Waals surface area contributed by atoms with Gasteiger partial charge in [-0.3, -0.25) is 0 Å². The van der Waals surface area contributed by atoms with Crippen molar-refractivity contribution in [3.63, 3.8) is 0 Å². The van der Waals surface area contributed by atoms with Crippen LogP contribution in [0.3, 0.4) is 0 Å². The van der Waals surface area contributed by atoms with Gasteiger partial charge in [-0.1, -0.05) is 6.07 Å². The van der Waals surface area contributed by atoms with Gasteiger partial charge in [-0.15, -0.1) is 11.6 Å². The maximum Gasteiger partial charge on any atom is 0.147 e. The summed E-state index contributed by atoms with van der Waals surface area (Å²) in [6.45, 7) is 4.03. The second kappa shape index (κ2) is 5.70. The number of halogens is 1. The molecule has 2 rings (SSSR count). The zero-order valence-electron chi connectivity index (χ0n) is 11.9. The highest BCUT2D eigenvalue weighted by atomic mass is 35.5. The molecule has 1 aromatic heterocycles. The highest BCUT2D eigenvalue weighted by molar-refractivity contribution is 6.17. The van der Waals surface area contributed by atoms with Gasteiger partial charge in [-0.05, 0) is 26.0 Å². The summed E-state index contributed by atoms with van der Waals surface area (Å²) in [6, 6.07) is 6.00. The number of ether oxygens (including phenoxy) is 1. The summed E-state index contributed by atoms with van der Waals surface area (Å²) in [4.78, 5) is 4.69. The maximum atomic E-state index is 5.86. The summed E-state index contributed by atoms with van der Waals surface area (Å²) in [5.74, 6) is 2.33. The first-order valence-corrected chi connectivity index (χ1v) is 6.98. The molecule has 0 fully saturated rings. The molecule has 0 spiro atoms. The van der Waals surface area contributed by atoms with Gasteiger partial charge >= 0.3 is 0 Å². The number of aromatic nitrogens is 2. The molecule has 1 aromatic carbocycles. The molecule has 0 amide bonds. The second-order valence-electron chi connectivity index (χ2n) is 4.92. The summed E-state index contributed by atoms with van der Waals surface area (Å²) >= 11 is 5.86. The highest BCUT2D eigenvalue weighted by Crippen LogP contribution is 2.27. The van der Waals surface area contributed by atoms with Gasteiger partial charge in [0, 0.05) is 26.4 Å². The molecule has 5 heteroatoms. The van der Waals surface area contributed by atoms with Gasteiger partial charge < -0.3 is 9.75 Å². The Kier molecular flexibility index (Phi) is 4.20. The van der Waals surface area contributed by atoms with Gasteiger partial charge in [0.2, 0.25) is 0 Å². The minimum absolute atomic E-state index is 0.131. The third-order valence-electron chi connectivity index (χ3n) is 2.77. The van der Waals surface area contributed by atoms with Crippen molar-refractivity contribution in [1.82, 2.24) is 9.66 Å². The molecule has 0 aliphatic heterocycles. The van der Waals surface area contributed by atoms with Crippen LogP contribution in [0.15, 0.2) is 18.2 Å². The fourth-order valence-corrected chi connectivity index (χ4v) is 2.32. The average molecular weight is 282 g/mol. The average Bonchev–Trinajstić information content (AvgIpc) is 2.68. The predicted octanol–water partition coefficient (Wildman–Crippen LogP) is 2.80. The normalized spacial score (nSPS) is 11.3. The monoisotopic (exact) mass is 281 g/mol. The first kappa shape index (κ1) is 14.0. The lowest BCUT2D eigenvalue weighted by atomic mass is 10.3. The number of aryl methyl sites for hydroxylation is 1. The van der Waals surface area contributed by atoms with E-state index in [-0.39, 0.29) is 6.10 Å². The maximum absolute atomic E-state index is 5.86. The second-order valence-corrected chi connectivity index (χ2v) is 5.29. The summed E-state index contributed by atoms with van der Waals surface area (Å²) in [5.41, 5.74) is 1.94. The van der Waals surface area contributed by atoms with E-state index in [9.17, 15) is 0 Å². The van der Waals surface area contributed by atoms with Gasteiger partial charge in [0.1, 0.15) is 17.1 Å². The topological polar surface area (TPSA) is 30.3 Å². The van der Waals surface area contributed by atoms with E-state index >= 15 is 0 Å². The van der Waals surface area contributed by atoms with Crippen molar-refractivity contribution in [3.05, 3.63) is 24.0 Å². The molecule has 0 N–H and O–H groups in total. The van der Waals surface area contributed by atoms with E-state index in [4.69, 9.17) is 16.3 Å². The molecule has 0 saturated heterocycles. The van der Waals surface area contributed by atoms with E-state index < -0.39 is 0 Å². The zero-order valence-corrected chi connectivity index (χ0v) is 12.6. The van der Waals surface area contributed by atoms with Crippen molar-refractivity contribution in [2.24, 2.45) is 0 Å². The predicted molar refractivity (Wildman–Crippen MR) is 80.0 cm³/mol. The SMILES string of the molecule is CC(C)Oc1cccc2c1nc(CCCl)n2N(C)C. The zero-order chi connectivity index (χ0) is 14.0. The van der Waals surface area contributed by atoms with Crippen LogP contribution in [0.2, 0.25) is 0 Å². The number of rotatable bonds is 5. The van der Waals surface area contributed by atoms with Crippen LogP contribution in [-0.2, 0) is 6.42 Å². The van der Waals surface area contributed by atoms with E-state index in [1.807, 2.05) is 51.2 Å². The Hall–Kier alpha value is -1.42. The summed E-state index contributed by atoms with van der Waals surface area (Å²) in [5, 5.41) is 2.01. The third kappa shape index (κ3) is 2.78. The molecule has 0 aliphatic rings. The van der Waals surface area contributed by atoms with Crippen LogP contribution >= 0.6 is 11.6 Å². The van der Waals surface area contributed by atoms with Crippen molar-refractivity contribution in [2.45, 2.75) is 26.4 Å². The van der Waals surface area contributed by atoms with E-state index in [0.717, 1.165) is 29.0 Å². The van der Waals surface area contributed by atoms with Crippen LogP contribution in [-0.4, -0.2) is 35.7 Å². The Morgan fingerprint density at radius 2 is 2.11 bits per heavy atom. The minimum atomic E-state index is 0.131. The Morgan fingerprint density at radius 3 is 2.68 bits per heavy atom. The largest absolute Gasteiger partial charge is 0.489 e. The first-order chi connectivity index (χ1) is 9.04. The van der Waals surface area contributed by atoms with Crippen molar-refractivity contribution in [2.75, 3.05) is 25.0 Å². The quantitative estimate of drug-likeness (QED) is 0.790. The molecular formula is C14H20ClN3O. The van der Waals surface area contributed by atoms with E-state index in [1.165, 1.54) is 0 Å². The lowest BCUT2D eigenvalue weighted by Crippen LogP contribution is -2.26. The number of hydrogen-bond acceptors (Lipinski definition) is 3. The van der Waals surface area contributed by atoms with Crippen LogP contribution < -0.4 is 9.75 Å². The molecule has 0 atom stereocenters. The van der Waals surface area contributed by atoms with Crippen molar-refractivity contribution in [3.8, 4) is 5.75 Å². The molecule has 0 aliphatic carbocycles. The number of hydrogen-bond donors (Lipinski definition) is 0. The fraction of sp³-hybridized carbons (Fsp3) is 0.500. The molecule has 0 unspecified atom stereocenters. The molecule has 1 heterocycles. The molecular weight excluding hydrogens is 262 g/mol. The van der Waals surface area contributed by atoms with Gasteiger partial charge in [0.25, 0.3) is 0 Å². The van der Waals surface area contributed by atoms with Crippen LogP contribution in [0.4, 0.5) is 0 Å². The summed E-state index contributed by atoms with van der Waals surface area (Å²) in [7, 11) is 3.99. The van der Waals surface area contributed by atoms with Crippen molar-refractivity contribution in [1.29, 1.82) is 0 Å². The summed E-state index contributed by atoms with van der Waals surface area (Å²) in [6.07, 6.45) is 0.863. The molecule has 0 bridgehead atoms. The lowest BCUT2D eigenvalue weighted by molar-refractivity contribution is 0.245. The number of alkyl halides is 1. The molecule has 19 heavy (non-hydrogen) atoms. The molecule has 104 valence electrons. The molecule has 0 radical (unpaired) electrons. The van der Waals surface area contributed by atoms with Gasteiger partial charge in [0.05, 0.1) is 11.6 Å². The highest BCUT2D eigenvalue weighted by Gasteiger charge is 2.15. The summed E-state index contributed by atoms with van der Waals surface area (Å²) < 4.78 is 7.90. The Balaban J connectivity index is 2.60. The van der Waals surface area contributed by atoms with E-state index in [1.54, 1.807) is 0 Å². The minimum Gasteiger partial charge on any atom is -0.489 e. The van der Waals surface area contributed by atoms with E-state index in [2.05, 4.69) is 9.66 Å². The number of nitrogens with zero attached hydrogens (tertiary/aromatic N) is 3. The van der Waals surface area contributed by atoms with Crippen LogP contribution in [0, 0.1) is 0 Å².